The first kappa shape index (κ1) is 14.8. The summed E-state index contributed by atoms with van der Waals surface area (Å²) in [5.41, 5.74) is 0.810. The molecule has 1 heterocycles. The summed E-state index contributed by atoms with van der Waals surface area (Å²) in [6, 6.07) is 5.41. The summed E-state index contributed by atoms with van der Waals surface area (Å²) in [5, 5.41) is 3.05. The molecule has 0 bridgehead atoms. The molecular weight excluding hydrogens is 245 g/mol. The highest BCUT2D eigenvalue weighted by Crippen LogP contribution is 2.21. The molecule has 0 aromatic carbocycles. The first-order chi connectivity index (χ1) is 8.51. The summed E-state index contributed by atoms with van der Waals surface area (Å²) in [6.07, 6.45) is -4.11. The van der Waals surface area contributed by atoms with Crippen molar-refractivity contribution in [1.82, 2.24) is 10.3 Å². The van der Waals surface area contributed by atoms with Crippen LogP contribution in [0.2, 0.25) is 0 Å². The van der Waals surface area contributed by atoms with Crippen LogP contribution in [0, 0.1) is 0 Å². The molecule has 0 atom stereocenters. The predicted octanol–water partition coefficient (Wildman–Crippen LogP) is 2.91. The van der Waals surface area contributed by atoms with Crippen LogP contribution in [0.4, 0.5) is 13.2 Å². The number of alkyl halides is 3. The molecule has 1 N–H and O–H groups in total. The van der Waals surface area contributed by atoms with Gasteiger partial charge < -0.3 is 10.1 Å². The maximum absolute atomic E-state index is 11.9. The minimum Gasteiger partial charge on any atom is -0.481 e. The van der Waals surface area contributed by atoms with Gasteiger partial charge in [-0.2, -0.15) is 13.2 Å². The van der Waals surface area contributed by atoms with Gasteiger partial charge in [-0.05, 0) is 25.5 Å². The number of aromatic nitrogens is 1. The fourth-order valence-electron chi connectivity index (χ4n) is 1.46. The third-order valence-electron chi connectivity index (χ3n) is 2.36. The highest BCUT2D eigenvalue weighted by atomic mass is 19.4. The van der Waals surface area contributed by atoms with Crippen LogP contribution in [0.5, 0.6) is 5.88 Å². The predicted molar refractivity (Wildman–Crippen MR) is 62.4 cm³/mol. The third-order valence-corrected chi connectivity index (χ3v) is 2.36. The van der Waals surface area contributed by atoms with E-state index in [0.29, 0.717) is 25.4 Å². The van der Waals surface area contributed by atoms with Gasteiger partial charge in [-0.3, -0.25) is 0 Å². The average Bonchev–Trinajstić information content (AvgIpc) is 2.32. The molecule has 0 aliphatic rings. The molecule has 1 rings (SSSR count). The van der Waals surface area contributed by atoms with Gasteiger partial charge in [0.15, 0.2) is 0 Å². The van der Waals surface area contributed by atoms with Crippen molar-refractivity contribution in [2.45, 2.75) is 32.0 Å². The summed E-state index contributed by atoms with van der Waals surface area (Å²) in [5.74, 6) is 0.534. The molecule has 0 unspecified atom stereocenters. The average molecular weight is 262 g/mol. The first-order valence-electron chi connectivity index (χ1n) is 5.78. The molecule has 1 aromatic rings. The van der Waals surface area contributed by atoms with Gasteiger partial charge in [0.1, 0.15) is 0 Å². The van der Waals surface area contributed by atoms with E-state index < -0.39 is 12.6 Å². The smallest absolute Gasteiger partial charge is 0.389 e. The van der Waals surface area contributed by atoms with Crippen LogP contribution in [0.3, 0.4) is 0 Å². The van der Waals surface area contributed by atoms with E-state index in [2.05, 4.69) is 10.3 Å². The van der Waals surface area contributed by atoms with E-state index in [1.807, 2.05) is 12.1 Å². The standard InChI is InChI=1S/C12H17F3N2O/c1-18-11-6-4-5-10(17-11)9-16-8-3-2-7-12(13,14)15/h4-6,16H,2-3,7-9H2,1H3. The van der Waals surface area contributed by atoms with Gasteiger partial charge >= 0.3 is 6.18 Å². The van der Waals surface area contributed by atoms with Gasteiger partial charge in [0.25, 0.3) is 0 Å². The number of rotatable bonds is 7. The Bertz CT molecular complexity index is 355. The monoisotopic (exact) mass is 262 g/mol. The Morgan fingerprint density at radius 2 is 2.06 bits per heavy atom. The zero-order chi connectivity index (χ0) is 13.4. The Morgan fingerprint density at radius 1 is 1.28 bits per heavy atom. The lowest BCUT2D eigenvalue weighted by molar-refractivity contribution is -0.135. The first-order valence-corrected chi connectivity index (χ1v) is 5.78. The lowest BCUT2D eigenvalue weighted by Crippen LogP contribution is -2.16. The molecule has 0 spiro atoms. The van der Waals surface area contributed by atoms with Crippen LogP contribution in [-0.4, -0.2) is 24.8 Å². The molecule has 0 fully saturated rings. The van der Waals surface area contributed by atoms with Crippen LogP contribution in [0.1, 0.15) is 25.0 Å². The van der Waals surface area contributed by atoms with Gasteiger partial charge in [-0.1, -0.05) is 6.07 Å². The Balaban J connectivity index is 2.14. The van der Waals surface area contributed by atoms with Crippen molar-refractivity contribution in [2.24, 2.45) is 0 Å². The molecule has 6 heteroatoms. The second kappa shape index (κ2) is 7.20. The zero-order valence-electron chi connectivity index (χ0n) is 10.3. The van der Waals surface area contributed by atoms with Gasteiger partial charge in [0.05, 0.1) is 12.8 Å². The van der Waals surface area contributed by atoms with E-state index in [1.54, 1.807) is 6.07 Å². The Kier molecular flexibility index (Phi) is 5.91. The second-order valence-electron chi connectivity index (χ2n) is 3.92. The Hall–Kier alpha value is -1.30. The maximum Gasteiger partial charge on any atom is 0.389 e. The zero-order valence-corrected chi connectivity index (χ0v) is 10.3. The lowest BCUT2D eigenvalue weighted by atomic mass is 10.2. The van der Waals surface area contributed by atoms with Gasteiger partial charge in [0, 0.05) is 19.0 Å². The fraction of sp³-hybridized carbons (Fsp3) is 0.583. The summed E-state index contributed by atoms with van der Waals surface area (Å²) in [4.78, 5) is 4.18. The van der Waals surface area contributed by atoms with Crippen molar-refractivity contribution in [1.29, 1.82) is 0 Å². The van der Waals surface area contributed by atoms with E-state index in [-0.39, 0.29) is 6.42 Å². The van der Waals surface area contributed by atoms with E-state index in [1.165, 1.54) is 7.11 Å². The molecule has 18 heavy (non-hydrogen) atoms. The van der Waals surface area contributed by atoms with E-state index in [9.17, 15) is 13.2 Å². The molecule has 0 aliphatic heterocycles. The molecule has 0 saturated heterocycles. The number of halogens is 3. The number of hydrogen-bond acceptors (Lipinski definition) is 3. The number of hydrogen-bond donors (Lipinski definition) is 1. The molecule has 0 aliphatic carbocycles. The Morgan fingerprint density at radius 3 is 2.72 bits per heavy atom. The number of methoxy groups -OCH3 is 1. The van der Waals surface area contributed by atoms with Crippen LogP contribution in [0.25, 0.3) is 0 Å². The lowest BCUT2D eigenvalue weighted by Gasteiger charge is -2.07. The van der Waals surface area contributed by atoms with E-state index in [4.69, 9.17) is 4.74 Å². The fourth-order valence-corrected chi connectivity index (χ4v) is 1.46. The number of unbranched alkanes of at least 4 members (excludes halogenated alkanes) is 1. The van der Waals surface area contributed by atoms with Crippen molar-refractivity contribution in [2.75, 3.05) is 13.7 Å². The number of ether oxygens (including phenoxy) is 1. The largest absolute Gasteiger partial charge is 0.481 e. The van der Waals surface area contributed by atoms with Crippen LogP contribution < -0.4 is 10.1 Å². The molecule has 0 amide bonds. The van der Waals surface area contributed by atoms with Gasteiger partial charge in [-0.25, -0.2) is 4.98 Å². The second-order valence-corrected chi connectivity index (χ2v) is 3.92. The van der Waals surface area contributed by atoms with Gasteiger partial charge in [-0.15, -0.1) is 0 Å². The third kappa shape index (κ3) is 6.44. The van der Waals surface area contributed by atoms with E-state index >= 15 is 0 Å². The van der Waals surface area contributed by atoms with Crippen molar-refractivity contribution in [3.8, 4) is 5.88 Å². The quantitative estimate of drug-likeness (QED) is 0.767. The highest BCUT2D eigenvalue weighted by molar-refractivity contribution is 5.15. The highest BCUT2D eigenvalue weighted by Gasteiger charge is 2.25. The molecule has 3 nitrogen and oxygen atoms in total. The maximum atomic E-state index is 11.9. The van der Waals surface area contributed by atoms with Crippen molar-refractivity contribution in [3.63, 3.8) is 0 Å². The summed E-state index contributed by atoms with van der Waals surface area (Å²) in [7, 11) is 1.54. The molecular formula is C12H17F3N2O. The molecule has 0 radical (unpaired) electrons. The number of nitrogens with zero attached hydrogens (tertiary/aromatic N) is 1. The molecule has 0 saturated carbocycles. The van der Waals surface area contributed by atoms with Crippen molar-refractivity contribution < 1.29 is 17.9 Å². The Labute approximate surface area is 104 Å². The summed E-state index contributed by atoms with van der Waals surface area (Å²) < 4.78 is 40.6. The van der Waals surface area contributed by atoms with Crippen LogP contribution in [-0.2, 0) is 6.54 Å². The number of nitrogens with one attached hydrogen (secondary N) is 1. The van der Waals surface area contributed by atoms with Crippen LogP contribution in [0.15, 0.2) is 18.2 Å². The van der Waals surface area contributed by atoms with Crippen molar-refractivity contribution in [3.05, 3.63) is 23.9 Å². The molecule has 1 aromatic heterocycles. The topological polar surface area (TPSA) is 34.1 Å². The SMILES string of the molecule is COc1cccc(CNCCCCC(F)(F)F)n1. The van der Waals surface area contributed by atoms with E-state index in [0.717, 1.165) is 5.69 Å². The van der Waals surface area contributed by atoms with Gasteiger partial charge in [0.2, 0.25) is 5.88 Å². The molecule has 102 valence electrons. The number of pyridine rings is 1. The summed E-state index contributed by atoms with van der Waals surface area (Å²) >= 11 is 0. The minimum absolute atomic E-state index is 0.155. The summed E-state index contributed by atoms with van der Waals surface area (Å²) in [6.45, 7) is 1.08. The van der Waals surface area contributed by atoms with Crippen molar-refractivity contribution >= 4 is 0 Å². The normalized spacial score (nSPS) is 11.6. The minimum atomic E-state index is -4.05. The van der Waals surface area contributed by atoms with Crippen LogP contribution >= 0.6 is 0 Å².